The summed E-state index contributed by atoms with van der Waals surface area (Å²) in [6.45, 7) is 2.19. The Morgan fingerprint density at radius 1 is 1.53 bits per heavy atom. The maximum absolute atomic E-state index is 13.2. The third kappa shape index (κ3) is 3.50. The molecule has 102 valence electrons. The summed E-state index contributed by atoms with van der Waals surface area (Å²) in [5.74, 6) is -0.362. The lowest BCUT2D eigenvalue weighted by Crippen LogP contribution is -2.35. The number of amides is 1. The van der Waals surface area contributed by atoms with Gasteiger partial charge < -0.3 is 10.6 Å². The predicted molar refractivity (Wildman–Crippen MR) is 76.6 cm³/mol. The second-order valence-corrected chi connectivity index (χ2v) is 5.43. The third-order valence-electron chi connectivity index (χ3n) is 3.25. The summed E-state index contributed by atoms with van der Waals surface area (Å²) in [7, 11) is 0. The van der Waals surface area contributed by atoms with Crippen molar-refractivity contribution in [2.75, 3.05) is 6.54 Å². The summed E-state index contributed by atoms with van der Waals surface area (Å²) in [4.78, 5) is 14.6. The van der Waals surface area contributed by atoms with Gasteiger partial charge in [-0.1, -0.05) is 12.2 Å². The number of rotatable bonds is 5. The van der Waals surface area contributed by atoms with Gasteiger partial charge in [0.2, 0.25) is 0 Å². The monoisotopic (exact) mass is 280 g/mol. The zero-order valence-electron chi connectivity index (χ0n) is 10.9. The number of carbonyl (C=O) groups is 1. The molecule has 3 nitrogen and oxygen atoms in total. The van der Waals surface area contributed by atoms with Crippen LogP contribution in [0.4, 0.5) is 4.39 Å². The Kier molecular flexibility index (Phi) is 4.14. The molecule has 0 heterocycles. The van der Waals surface area contributed by atoms with E-state index in [0.717, 1.165) is 12.8 Å². The van der Waals surface area contributed by atoms with Crippen LogP contribution in [0, 0.1) is 12.7 Å². The van der Waals surface area contributed by atoms with Crippen molar-refractivity contribution in [1.29, 1.82) is 0 Å². The molecule has 1 saturated carbocycles. The summed E-state index contributed by atoms with van der Waals surface area (Å²) in [6.07, 6.45) is 2.56. The van der Waals surface area contributed by atoms with Crippen LogP contribution >= 0.6 is 12.2 Å². The fourth-order valence-electron chi connectivity index (χ4n) is 2.01. The average molecular weight is 280 g/mol. The van der Waals surface area contributed by atoms with Crippen LogP contribution in [0.1, 0.15) is 35.2 Å². The van der Waals surface area contributed by atoms with Crippen LogP contribution in [0.2, 0.25) is 0 Å². The molecule has 1 aliphatic rings. The Morgan fingerprint density at radius 2 is 2.21 bits per heavy atom. The van der Waals surface area contributed by atoms with Crippen molar-refractivity contribution >= 4 is 23.1 Å². The molecule has 2 N–H and O–H groups in total. The molecule has 0 radical (unpaired) electrons. The normalized spacial score (nSPS) is 14.2. The molecule has 0 atom stereocenters. The van der Waals surface area contributed by atoms with E-state index in [1.165, 1.54) is 12.1 Å². The lowest BCUT2D eigenvalue weighted by Gasteiger charge is -2.22. The fourth-order valence-corrected chi connectivity index (χ4v) is 2.10. The highest BCUT2D eigenvalue weighted by atomic mass is 32.1. The van der Waals surface area contributed by atoms with Gasteiger partial charge in [0.05, 0.1) is 4.99 Å². The largest absolute Gasteiger partial charge is 0.393 e. The maximum Gasteiger partial charge on any atom is 0.254 e. The molecule has 0 aliphatic heterocycles. The molecule has 0 unspecified atom stereocenters. The minimum absolute atomic E-state index is 0.0677. The van der Waals surface area contributed by atoms with Crippen molar-refractivity contribution in [1.82, 2.24) is 4.90 Å². The molecule has 1 aromatic carbocycles. The molecule has 0 saturated heterocycles. The summed E-state index contributed by atoms with van der Waals surface area (Å²) < 4.78 is 13.2. The number of hydrogen-bond donors (Lipinski definition) is 1. The van der Waals surface area contributed by atoms with E-state index in [2.05, 4.69) is 0 Å². The van der Waals surface area contributed by atoms with Crippen molar-refractivity contribution in [3.05, 3.63) is 35.1 Å². The Bertz CT molecular complexity index is 514. The number of aryl methyl sites for hydroxylation is 1. The molecule has 0 spiro atoms. The van der Waals surface area contributed by atoms with Crippen molar-refractivity contribution in [3.63, 3.8) is 0 Å². The van der Waals surface area contributed by atoms with Crippen LogP contribution in [-0.2, 0) is 0 Å². The van der Waals surface area contributed by atoms with Gasteiger partial charge in [-0.15, -0.1) is 0 Å². The third-order valence-corrected chi connectivity index (χ3v) is 3.46. The van der Waals surface area contributed by atoms with Crippen molar-refractivity contribution in [2.24, 2.45) is 5.73 Å². The first-order valence-corrected chi connectivity index (χ1v) is 6.75. The fraction of sp³-hybridized carbons (Fsp3) is 0.429. The highest BCUT2D eigenvalue weighted by molar-refractivity contribution is 7.80. The number of carbonyl (C=O) groups excluding carboxylic acids is 1. The zero-order chi connectivity index (χ0) is 14.0. The Morgan fingerprint density at radius 3 is 2.74 bits per heavy atom. The lowest BCUT2D eigenvalue weighted by atomic mass is 10.1. The van der Waals surface area contributed by atoms with Crippen LogP contribution in [0.5, 0.6) is 0 Å². The van der Waals surface area contributed by atoms with Gasteiger partial charge in [0.15, 0.2) is 0 Å². The van der Waals surface area contributed by atoms with Crippen LogP contribution in [0.15, 0.2) is 18.2 Å². The molecule has 1 aliphatic carbocycles. The second kappa shape index (κ2) is 5.65. The topological polar surface area (TPSA) is 46.3 Å². The quantitative estimate of drug-likeness (QED) is 0.843. The summed E-state index contributed by atoms with van der Waals surface area (Å²) >= 11 is 4.85. The van der Waals surface area contributed by atoms with Gasteiger partial charge in [-0.2, -0.15) is 0 Å². The van der Waals surface area contributed by atoms with Crippen LogP contribution < -0.4 is 5.73 Å². The molecule has 0 bridgehead atoms. The van der Waals surface area contributed by atoms with Gasteiger partial charge in [-0.25, -0.2) is 4.39 Å². The highest BCUT2D eigenvalue weighted by Crippen LogP contribution is 2.28. The number of hydrogen-bond acceptors (Lipinski definition) is 2. The lowest BCUT2D eigenvalue weighted by molar-refractivity contribution is 0.0748. The van der Waals surface area contributed by atoms with E-state index in [0.29, 0.717) is 29.1 Å². The van der Waals surface area contributed by atoms with Crippen LogP contribution in [-0.4, -0.2) is 28.4 Å². The summed E-state index contributed by atoms with van der Waals surface area (Å²) in [6, 6.07) is 4.74. The molecular formula is C14H17FN2OS. The number of nitrogens with zero attached hydrogens (tertiary/aromatic N) is 1. The van der Waals surface area contributed by atoms with Gasteiger partial charge in [0.25, 0.3) is 5.91 Å². The molecular weight excluding hydrogens is 263 g/mol. The molecule has 1 fully saturated rings. The Labute approximate surface area is 117 Å². The summed E-state index contributed by atoms with van der Waals surface area (Å²) in [5, 5.41) is 0. The molecule has 5 heteroatoms. The average Bonchev–Trinajstić information content (AvgIpc) is 3.16. The molecule has 1 aromatic rings. The van der Waals surface area contributed by atoms with E-state index in [-0.39, 0.29) is 17.8 Å². The van der Waals surface area contributed by atoms with E-state index >= 15 is 0 Å². The van der Waals surface area contributed by atoms with Gasteiger partial charge >= 0.3 is 0 Å². The van der Waals surface area contributed by atoms with Gasteiger partial charge in [0.1, 0.15) is 5.82 Å². The van der Waals surface area contributed by atoms with E-state index < -0.39 is 0 Å². The van der Waals surface area contributed by atoms with Gasteiger partial charge in [0, 0.05) is 24.6 Å². The van der Waals surface area contributed by atoms with E-state index in [9.17, 15) is 9.18 Å². The first kappa shape index (κ1) is 13.9. The van der Waals surface area contributed by atoms with Gasteiger partial charge in [-0.05, 0) is 43.5 Å². The standard InChI is InChI=1S/C14H17FN2OS/c1-9-8-10(2-5-12(9)15)14(18)17(11-3-4-11)7-6-13(16)19/h2,5,8,11H,3-4,6-7H2,1H3,(H2,16,19). The maximum atomic E-state index is 13.2. The van der Waals surface area contributed by atoms with Gasteiger partial charge in [-0.3, -0.25) is 4.79 Å². The molecule has 2 rings (SSSR count). The van der Waals surface area contributed by atoms with E-state index in [1.54, 1.807) is 17.9 Å². The van der Waals surface area contributed by atoms with E-state index in [1.807, 2.05) is 0 Å². The SMILES string of the molecule is Cc1cc(C(=O)N(CCC(N)=S)C2CC2)ccc1F. The van der Waals surface area contributed by atoms with Crippen LogP contribution in [0.3, 0.4) is 0 Å². The first-order chi connectivity index (χ1) is 8.99. The number of nitrogens with two attached hydrogens (primary N) is 1. The number of thiocarbonyl (C=S) groups is 1. The predicted octanol–water partition coefficient (Wildman–Crippen LogP) is 2.41. The van der Waals surface area contributed by atoms with Crippen LogP contribution in [0.25, 0.3) is 0 Å². The second-order valence-electron chi connectivity index (χ2n) is 4.91. The molecule has 0 aromatic heterocycles. The minimum Gasteiger partial charge on any atom is -0.393 e. The minimum atomic E-state index is -0.294. The first-order valence-electron chi connectivity index (χ1n) is 6.34. The Balaban J connectivity index is 2.14. The molecule has 1 amide bonds. The Hall–Kier alpha value is -1.49. The number of benzene rings is 1. The van der Waals surface area contributed by atoms with E-state index in [4.69, 9.17) is 18.0 Å². The zero-order valence-corrected chi connectivity index (χ0v) is 11.7. The van der Waals surface area contributed by atoms with Crippen molar-refractivity contribution in [2.45, 2.75) is 32.2 Å². The summed E-state index contributed by atoms with van der Waals surface area (Å²) in [5.41, 5.74) is 6.49. The smallest absolute Gasteiger partial charge is 0.254 e. The molecule has 19 heavy (non-hydrogen) atoms. The van der Waals surface area contributed by atoms with Crippen molar-refractivity contribution < 1.29 is 9.18 Å². The highest BCUT2D eigenvalue weighted by Gasteiger charge is 2.32. The number of halogens is 1. The van der Waals surface area contributed by atoms with Crippen molar-refractivity contribution in [3.8, 4) is 0 Å².